The standard InChI is InChI=1S/C12H12N2O2S2/c13-12(15)11-6-7-5-9(3-4-10(7)17-11)18(14,16)8-1-2-8/h3-6,8,14H,1-2H2,(H2,13,15). The Labute approximate surface area is 109 Å². The van der Waals surface area contributed by atoms with Crippen molar-refractivity contribution in [2.75, 3.05) is 0 Å². The van der Waals surface area contributed by atoms with Gasteiger partial charge in [-0.25, -0.2) is 8.99 Å². The van der Waals surface area contributed by atoms with E-state index in [4.69, 9.17) is 10.5 Å². The second-order valence-corrected chi connectivity index (χ2v) is 7.90. The Bertz CT molecular complexity index is 743. The summed E-state index contributed by atoms with van der Waals surface area (Å²) in [5.41, 5.74) is 5.24. The Morgan fingerprint density at radius 2 is 2.11 bits per heavy atom. The van der Waals surface area contributed by atoms with Crippen LogP contribution >= 0.6 is 11.3 Å². The molecule has 94 valence electrons. The maximum absolute atomic E-state index is 12.3. The van der Waals surface area contributed by atoms with Gasteiger partial charge in [0.05, 0.1) is 14.6 Å². The highest BCUT2D eigenvalue weighted by molar-refractivity contribution is 7.93. The topological polar surface area (TPSA) is 84.0 Å². The molecule has 4 nitrogen and oxygen atoms in total. The minimum atomic E-state index is -2.68. The lowest BCUT2D eigenvalue weighted by Gasteiger charge is -2.05. The van der Waals surface area contributed by atoms with Gasteiger partial charge in [-0.2, -0.15) is 0 Å². The van der Waals surface area contributed by atoms with Crippen LogP contribution in [-0.2, 0) is 9.73 Å². The Kier molecular flexibility index (Phi) is 2.46. The highest BCUT2D eigenvalue weighted by Crippen LogP contribution is 2.36. The average molecular weight is 280 g/mol. The molecule has 0 radical (unpaired) electrons. The number of thiophene rings is 1. The lowest BCUT2D eigenvalue weighted by atomic mass is 10.2. The van der Waals surface area contributed by atoms with E-state index >= 15 is 0 Å². The average Bonchev–Trinajstić information content (AvgIpc) is 3.08. The summed E-state index contributed by atoms with van der Waals surface area (Å²) in [5.74, 6) is -0.452. The third kappa shape index (κ3) is 1.81. The fraction of sp³-hybridized carbons (Fsp3) is 0.250. The van der Waals surface area contributed by atoms with Gasteiger partial charge in [-0.05, 0) is 42.5 Å². The Morgan fingerprint density at radius 3 is 2.72 bits per heavy atom. The third-order valence-electron chi connectivity index (χ3n) is 3.07. The summed E-state index contributed by atoms with van der Waals surface area (Å²) in [6, 6.07) is 7.01. The first-order valence-electron chi connectivity index (χ1n) is 5.59. The van der Waals surface area contributed by atoms with Crippen LogP contribution in [0.15, 0.2) is 29.2 Å². The number of nitrogens with two attached hydrogens (primary N) is 1. The molecular formula is C12H12N2O2S2. The van der Waals surface area contributed by atoms with Crippen LogP contribution in [0.5, 0.6) is 0 Å². The van der Waals surface area contributed by atoms with E-state index in [1.54, 1.807) is 18.2 Å². The molecule has 18 heavy (non-hydrogen) atoms. The fourth-order valence-corrected chi connectivity index (χ4v) is 4.58. The van der Waals surface area contributed by atoms with Gasteiger partial charge in [-0.15, -0.1) is 11.3 Å². The molecule has 0 bridgehead atoms. The zero-order chi connectivity index (χ0) is 12.9. The summed E-state index contributed by atoms with van der Waals surface area (Å²) in [6.45, 7) is 0. The lowest BCUT2D eigenvalue weighted by molar-refractivity contribution is 0.100. The predicted octanol–water partition coefficient (Wildman–Crippen LogP) is 2.57. The van der Waals surface area contributed by atoms with Crippen LogP contribution in [0.1, 0.15) is 22.5 Å². The highest BCUT2D eigenvalue weighted by atomic mass is 32.2. The second-order valence-electron chi connectivity index (χ2n) is 4.47. The van der Waals surface area contributed by atoms with Crippen molar-refractivity contribution in [3.8, 4) is 0 Å². The van der Waals surface area contributed by atoms with E-state index in [1.165, 1.54) is 11.3 Å². The van der Waals surface area contributed by atoms with E-state index in [2.05, 4.69) is 0 Å². The molecule has 2 aromatic rings. The molecule has 1 aliphatic rings. The van der Waals surface area contributed by atoms with Gasteiger partial charge < -0.3 is 5.73 Å². The van der Waals surface area contributed by atoms with Crippen molar-refractivity contribution in [3.63, 3.8) is 0 Å². The molecule has 1 aromatic carbocycles. The van der Waals surface area contributed by atoms with Gasteiger partial charge in [0.15, 0.2) is 0 Å². The predicted molar refractivity (Wildman–Crippen MR) is 72.5 cm³/mol. The second kappa shape index (κ2) is 3.80. The van der Waals surface area contributed by atoms with E-state index in [0.717, 1.165) is 22.9 Å². The van der Waals surface area contributed by atoms with E-state index in [9.17, 15) is 9.00 Å². The van der Waals surface area contributed by atoms with Crippen LogP contribution in [0.3, 0.4) is 0 Å². The number of carbonyl (C=O) groups excluding carboxylic acids is 1. The van der Waals surface area contributed by atoms with Crippen LogP contribution in [0.2, 0.25) is 0 Å². The first-order chi connectivity index (χ1) is 8.48. The quantitative estimate of drug-likeness (QED) is 0.905. The Morgan fingerprint density at radius 1 is 1.39 bits per heavy atom. The highest BCUT2D eigenvalue weighted by Gasteiger charge is 2.33. The van der Waals surface area contributed by atoms with Crippen LogP contribution in [0, 0.1) is 4.78 Å². The molecule has 1 fully saturated rings. The van der Waals surface area contributed by atoms with E-state index < -0.39 is 15.6 Å². The van der Waals surface area contributed by atoms with Gasteiger partial charge in [-0.3, -0.25) is 4.79 Å². The van der Waals surface area contributed by atoms with Crippen LogP contribution in [0.25, 0.3) is 10.1 Å². The summed E-state index contributed by atoms with van der Waals surface area (Å²) in [6.07, 6.45) is 1.74. The molecule has 0 aliphatic heterocycles. The number of fused-ring (bicyclic) bond motifs is 1. The van der Waals surface area contributed by atoms with Gasteiger partial charge in [-0.1, -0.05) is 0 Å². The van der Waals surface area contributed by atoms with Crippen molar-refractivity contribution in [2.45, 2.75) is 23.0 Å². The molecular weight excluding hydrogens is 268 g/mol. The largest absolute Gasteiger partial charge is 0.365 e. The molecule has 6 heteroatoms. The Hall–Kier alpha value is -1.40. The fourth-order valence-electron chi connectivity index (χ4n) is 1.92. The lowest BCUT2D eigenvalue weighted by Crippen LogP contribution is -2.08. The molecule has 1 atom stereocenters. The molecule has 1 unspecified atom stereocenters. The minimum Gasteiger partial charge on any atom is -0.365 e. The van der Waals surface area contributed by atoms with Gasteiger partial charge >= 0.3 is 0 Å². The number of carbonyl (C=O) groups is 1. The third-order valence-corrected chi connectivity index (χ3v) is 6.57. The van der Waals surface area contributed by atoms with Crippen LogP contribution in [-0.4, -0.2) is 15.4 Å². The monoisotopic (exact) mass is 280 g/mol. The Balaban J connectivity index is 2.13. The number of nitrogens with one attached hydrogen (secondary N) is 1. The van der Waals surface area contributed by atoms with Crippen molar-refractivity contribution in [1.82, 2.24) is 0 Å². The van der Waals surface area contributed by atoms with E-state index in [-0.39, 0.29) is 5.25 Å². The van der Waals surface area contributed by atoms with Crippen LogP contribution < -0.4 is 5.73 Å². The summed E-state index contributed by atoms with van der Waals surface area (Å²) in [4.78, 5) is 12.2. The van der Waals surface area contributed by atoms with Crippen LogP contribution in [0.4, 0.5) is 0 Å². The molecule has 1 amide bonds. The summed E-state index contributed by atoms with van der Waals surface area (Å²) in [5, 5.41) is 0.844. The van der Waals surface area contributed by atoms with Crippen molar-refractivity contribution in [2.24, 2.45) is 5.73 Å². The number of amides is 1. The van der Waals surface area contributed by atoms with Gasteiger partial charge in [0.1, 0.15) is 0 Å². The molecule has 1 saturated carbocycles. The summed E-state index contributed by atoms with van der Waals surface area (Å²) in [7, 11) is -2.68. The first-order valence-corrected chi connectivity index (χ1v) is 8.03. The summed E-state index contributed by atoms with van der Waals surface area (Å²) < 4.78 is 21.2. The maximum atomic E-state index is 12.3. The number of hydrogen-bond donors (Lipinski definition) is 2. The summed E-state index contributed by atoms with van der Waals surface area (Å²) >= 11 is 1.32. The maximum Gasteiger partial charge on any atom is 0.258 e. The van der Waals surface area contributed by atoms with Crippen molar-refractivity contribution in [1.29, 1.82) is 4.78 Å². The molecule has 0 spiro atoms. The number of hydrogen-bond acceptors (Lipinski definition) is 4. The zero-order valence-electron chi connectivity index (χ0n) is 9.51. The molecule has 1 heterocycles. The van der Waals surface area contributed by atoms with E-state index in [1.807, 2.05) is 6.07 Å². The number of primary amides is 1. The van der Waals surface area contributed by atoms with Crippen molar-refractivity contribution in [3.05, 3.63) is 29.1 Å². The minimum absolute atomic E-state index is 0.00389. The van der Waals surface area contributed by atoms with Gasteiger partial charge in [0.25, 0.3) is 5.91 Å². The van der Waals surface area contributed by atoms with Crippen molar-refractivity contribution < 1.29 is 9.00 Å². The SMILES string of the molecule is N=S(=O)(c1ccc2sc(C(N)=O)cc2c1)C1CC1. The normalized spacial score (nSPS) is 18.7. The first kappa shape index (κ1) is 11.7. The smallest absolute Gasteiger partial charge is 0.258 e. The van der Waals surface area contributed by atoms with Gasteiger partial charge in [0, 0.05) is 14.8 Å². The van der Waals surface area contributed by atoms with E-state index in [0.29, 0.717) is 9.77 Å². The molecule has 0 saturated heterocycles. The zero-order valence-corrected chi connectivity index (χ0v) is 11.1. The molecule has 1 aliphatic carbocycles. The number of rotatable bonds is 3. The molecule has 3 N–H and O–H groups in total. The molecule has 3 rings (SSSR count). The van der Waals surface area contributed by atoms with Crippen molar-refractivity contribution >= 4 is 37.1 Å². The van der Waals surface area contributed by atoms with Gasteiger partial charge in [0.2, 0.25) is 0 Å². The number of benzene rings is 1. The molecule has 1 aromatic heterocycles.